The van der Waals surface area contributed by atoms with Crippen LogP contribution in [0.5, 0.6) is 0 Å². The van der Waals surface area contributed by atoms with Gasteiger partial charge in [0.15, 0.2) is 17.6 Å². The van der Waals surface area contributed by atoms with Crippen LogP contribution >= 0.6 is 0 Å². The number of rotatable bonds is 7. The Morgan fingerprint density at radius 1 is 1.36 bits per heavy atom. The summed E-state index contributed by atoms with van der Waals surface area (Å²) in [7, 11) is 1.38. The van der Waals surface area contributed by atoms with Gasteiger partial charge in [-0.05, 0) is 38.3 Å². The Labute approximate surface area is 148 Å². The van der Waals surface area contributed by atoms with Gasteiger partial charge in [-0.15, -0.1) is 0 Å². The van der Waals surface area contributed by atoms with Crippen LogP contribution in [-0.2, 0) is 11.3 Å². The molecule has 6 heteroatoms. The van der Waals surface area contributed by atoms with Crippen molar-refractivity contribution in [3.8, 4) is 0 Å². The standard InChI is InChI=1S/C19H26N2O4/c1-14-16(19(22)23-2)11-15(25-14)12-20-13-17(18-7-6-10-24-18)21-8-4-3-5-9-21/h6-7,10-11,17,20H,3-5,8-9,12-13H2,1-2H3/p+2/t17-/m0/s1. The second kappa shape index (κ2) is 8.36. The highest BCUT2D eigenvalue weighted by Crippen LogP contribution is 2.15. The van der Waals surface area contributed by atoms with Crippen LogP contribution in [0.15, 0.2) is 33.3 Å². The Balaban J connectivity index is 1.61. The Morgan fingerprint density at radius 3 is 2.84 bits per heavy atom. The molecule has 1 saturated heterocycles. The minimum Gasteiger partial charge on any atom is -0.465 e. The summed E-state index contributed by atoms with van der Waals surface area (Å²) in [5.74, 6) is 2.11. The van der Waals surface area contributed by atoms with E-state index in [9.17, 15) is 4.79 Å². The van der Waals surface area contributed by atoms with Crippen molar-refractivity contribution < 1.29 is 28.6 Å². The highest BCUT2D eigenvalue weighted by atomic mass is 16.5. The van der Waals surface area contributed by atoms with Gasteiger partial charge in [-0.2, -0.15) is 0 Å². The number of furan rings is 2. The maximum Gasteiger partial charge on any atom is 0.341 e. The Morgan fingerprint density at radius 2 is 2.16 bits per heavy atom. The number of esters is 1. The van der Waals surface area contributed by atoms with Gasteiger partial charge in [-0.3, -0.25) is 0 Å². The zero-order chi connectivity index (χ0) is 17.6. The molecule has 3 heterocycles. The van der Waals surface area contributed by atoms with Crippen molar-refractivity contribution >= 4 is 5.97 Å². The van der Waals surface area contributed by atoms with Gasteiger partial charge in [0.2, 0.25) is 0 Å². The van der Waals surface area contributed by atoms with E-state index < -0.39 is 0 Å². The van der Waals surface area contributed by atoms with Crippen LogP contribution in [0.3, 0.4) is 0 Å². The highest BCUT2D eigenvalue weighted by molar-refractivity contribution is 5.90. The fourth-order valence-electron chi connectivity index (χ4n) is 3.68. The molecule has 0 spiro atoms. The summed E-state index contributed by atoms with van der Waals surface area (Å²) in [6.45, 7) is 5.81. The molecule has 1 atom stereocenters. The number of nitrogens with one attached hydrogen (secondary N) is 1. The Hall–Kier alpha value is -2.05. The quantitative estimate of drug-likeness (QED) is 0.728. The third-order valence-electron chi connectivity index (χ3n) is 5.00. The predicted molar refractivity (Wildman–Crippen MR) is 91.3 cm³/mol. The van der Waals surface area contributed by atoms with Gasteiger partial charge >= 0.3 is 5.97 Å². The van der Waals surface area contributed by atoms with E-state index in [1.54, 1.807) is 24.2 Å². The third-order valence-corrected chi connectivity index (χ3v) is 5.00. The Bertz CT molecular complexity index is 672. The molecular formula is C19H28N2O4+2. The highest BCUT2D eigenvalue weighted by Gasteiger charge is 2.29. The summed E-state index contributed by atoms with van der Waals surface area (Å²) in [5.41, 5.74) is 0.509. The number of quaternary nitrogens is 2. The third kappa shape index (κ3) is 4.32. The van der Waals surface area contributed by atoms with Crippen LogP contribution in [0.4, 0.5) is 0 Å². The molecule has 0 aliphatic carbocycles. The van der Waals surface area contributed by atoms with Crippen molar-refractivity contribution in [2.24, 2.45) is 0 Å². The first-order valence-corrected chi connectivity index (χ1v) is 9.06. The molecule has 0 amide bonds. The van der Waals surface area contributed by atoms with Gasteiger partial charge in [0, 0.05) is 6.07 Å². The molecule has 0 aromatic carbocycles. The summed E-state index contributed by atoms with van der Waals surface area (Å²) in [4.78, 5) is 13.3. The summed E-state index contributed by atoms with van der Waals surface area (Å²) in [6.07, 6.45) is 5.66. The molecule has 3 N–H and O–H groups in total. The zero-order valence-electron chi connectivity index (χ0n) is 15.0. The van der Waals surface area contributed by atoms with Crippen LogP contribution in [0.2, 0.25) is 0 Å². The number of aryl methyl sites for hydroxylation is 1. The largest absolute Gasteiger partial charge is 0.465 e. The van der Waals surface area contributed by atoms with Gasteiger partial charge in [0.05, 0.1) is 26.5 Å². The van der Waals surface area contributed by atoms with E-state index in [-0.39, 0.29) is 5.97 Å². The Kier molecular flexibility index (Phi) is 5.94. The molecule has 1 fully saturated rings. The van der Waals surface area contributed by atoms with Gasteiger partial charge in [-0.1, -0.05) is 0 Å². The van der Waals surface area contributed by atoms with E-state index in [4.69, 9.17) is 13.6 Å². The predicted octanol–water partition coefficient (Wildman–Crippen LogP) is 0.841. The fraction of sp³-hybridized carbons (Fsp3) is 0.526. The van der Waals surface area contributed by atoms with Gasteiger partial charge < -0.3 is 23.8 Å². The second-order valence-corrected chi connectivity index (χ2v) is 6.69. The molecule has 3 rings (SSSR count). The van der Waals surface area contributed by atoms with E-state index in [0.29, 0.717) is 23.9 Å². The van der Waals surface area contributed by atoms with Gasteiger partial charge in [0.25, 0.3) is 0 Å². The molecule has 0 unspecified atom stereocenters. The van der Waals surface area contributed by atoms with Crippen LogP contribution in [0, 0.1) is 6.92 Å². The first-order chi connectivity index (χ1) is 12.2. The molecular weight excluding hydrogens is 320 g/mol. The topological polar surface area (TPSA) is 73.6 Å². The molecule has 0 saturated carbocycles. The maximum atomic E-state index is 11.7. The summed E-state index contributed by atoms with van der Waals surface area (Å²) < 4.78 is 16.2. The lowest BCUT2D eigenvalue weighted by molar-refractivity contribution is -0.951. The molecule has 136 valence electrons. The maximum absolute atomic E-state index is 11.7. The number of likely N-dealkylation sites (tertiary alicyclic amines) is 1. The zero-order valence-corrected chi connectivity index (χ0v) is 15.0. The van der Waals surface area contributed by atoms with Crippen molar-refractivity contribution in [1.82, 2.24) is 0 Å². The lowest BCUT2D eigenvalue weighted by Gasteiger charge is -2.29. The second-order valence-electron chi connectivity index (χ2n) is 6.69. The number of hydrogen-bond donors (Lipinski definition) is 2. The van der Waals surface area contributed by atoms with E-state index in [1.807, 2.05) is 6.07 Å². The molecule has 1 aliphatic heterocycles. The van der Waals surface area contributed by atoms with E-state index in [2.05, 4.69) is 11.4 Å². The van der Waals surface area contributed by atoms with Gasteiger partial charge in [0.1, 0.15) is 24.4 Å². The minimum atomic E-state index is -0.348. The lowest BCUT2D eigenvalue weighted by Crippen LogP contribution is -3.15. The van der Waals surface area contributed by atoms with Crippen LogP contribution < -0.4 is 10.2 Å². The minimum absolute atomic E-state index is 0.348. The van der Waals surface area contributed by atoms with E-state index in [1.165, 1.54) is 39.5 Å². The average molecular weight is 348 g/mol. The molecule has 2 aromatic rings. The number of carbonyl (C=O) groups excluding carboxylic acids is 1. The number of hydrogen-bond acceptors (Lipinski definition) is 4. The lowest BCUT2D eigenvalue weighted by atomic mass is 10.1. The molecule has 25 heavy (non-hydrogen) atoms. The van der Waals surface area contributed by atoms with Crippen LogP contribution in [0.1, 0.15) is 52.9 Å². The SMILES string of the molecule is COC(=O)c1cc(C[NH2+]C[C@@H](c2ccco2)[NH+]2CCCCC2)oc1C. The number of methoxy groups -OCH3 is 1. The summed E-state index contributed by atoms with van der Waals surface area (Å²) in [6, 6.07) is 6.18. The number of carbonyl (C=O) groups is 1. The van der Waals surface area contributed by atoms with Crippen LogP contribution in [0.25, 0.3) is 0 Å². The monoisotopic (exact) mass is 348 g/mol. The van der Waals surface area contributed by atoms with Crippen molar-refractivity contribution in [2.45, 2.75) is 38.8 Å². The van der Waals surface area contributed by atoms with Crippen molar-refractivity contribution in [2.75, 3.05) is 26.7 Å². The summed E-state index contributed by atoms with van der Waals surface area (Å²) >= 11 is 0. The number of nitrogens with two attached hydrogens (primary N) is 1. The van der Waals surface area contributed by atoms with E-state index >= 15 is 0 Å². The smallest absolute Gasteiger partial charge is 0.341 e. The van der Waals surface area contributed by atoms with E-state index in [0.717, 1.165) is 18.1 Å². The first-order valence-electron chi connectivity index (χ1n) is 9.06. The van der Waals surface area contributed by atoms with Crippen LogP contribution in [-0.4, -0.2) is 32.7 Å². The molecule has 2 aromatic heterocycles. The van der Waals surface area contributed by atoms with Crippen molar-refractivity contribution in [3.05, 3.63) is 47.3 Å². The average Bonchev–Trinajstić information content (AvgIpc) is 3.29. The van der Waals surface area contributed by atoms with Crippen molar-refractivity contribution in [1.29, 1.82) is 0 Å². The van der Waals surface area contributed by atoms with Crippen molar-refractivity contribution in [3.63, 3.8) is 0 Å². The summed E-state index contributed by atoms with van der Waals surface area (Å²) in [5, 5.41) is 2.23. The number of ether oxygens (including phenoxy) is 1. The molecule has 0 radical (unpaired) electrons. The molecule has 1 aliphatic rings. The normalized spacial score (nSPS) is 16.7. The number of piperidine rings is 1. The molecule has 6 nitrogen and oxygen atoms in total. The molecule has 0 bridgehead atoms. The fourth-order valence-corrected chi connectivity index (χ4v) is 3.68. The first kappa shape index (κ1) is 17.8. The van der Waals surface area contributed by atoms with Gasteiger partial charge in [-0.25, -0.2) is 4.79 Å².